The van der Waals surface area contributed by atoms with E-state index in [1.807, 2.05) is 20.9 Å². The third-order valence-corrected chi connectivity index (χ3v) is 2.46. The fourth-order valence-electron chi connectivity index (χ4n) is 1.55. The van der Waals surface area contributed by atoms with Crippen LogP contribution in [0.2, 0.25) is 0 Å². The molecule has 3 heteroatoms. The number of halogens is 1. The second-order valence-corrected chi connectivity index (χ2v) is 3.49. The fraction of sp³-hybridized carbons (Fsp3) is 0.538. The van der Waals surface area contributed by atoms with E-state index in [9.17, 15) is 4.39 Å². The number of hydrogen-bond donors (Lipinski definition) is 1. The molecule has 1 fully saturated rings. The third kappa shape index (κ3) is 5.12. The van der Waals surface area contributed by atoms with Crippen molar-refractivity contribution in [2.24, 2.45) is 0 Å². The first-order valence-corrected chi connectivity index (χ1v) is 5.77. The van der Waals surface area contributed by atoms with E-state index in [4.69, 9.17) is 0 Å². The molecular formula is C13H23FN2. The minimum atomic E-state index is -0.435. The van der Waals surface area contributed by atoms with Gasteiger partial charge in [-0.3, -0.25) is 0 Å². The summed E-state index contributed by atoms with van der Waals surface area (Å²) in [5.41, 5.74) is 0.849. The van der Waals surface area contributed by atoms with Gasteiger partial charge in [-0.25, -0.2) is 4.39 Å². The molecule has 1 atom stereocenters. The van der Waals surface area contributed by atoms with Gasteiger partial charge in [0.1, 0.15) is 5.83 Å². The Labute approximate surface area is 98.5 Å². The highest BCUT2D eigenvalue weighted by Gasteiger charge is 2.20. The average molecular weight is 226 g/mol. The van der Waals surface area contributed by atoms with Gasteiger partial charge in [0.05, 0.1) is 0 Å². The first-order valence-electron chi connectivity index (χ1n) is 5.77. The van der Waals surface area contributed by atoms with Crippen LogP contribution in [0, 0.1) is 0 Å². The van der Waals surface area contributed by atoms with Crippen molar-refractivity contribution >= 4 is 0 Å². The van der Waals surface area contributed by atoms with Gasteiger partial charge in [0.2, 0.25) is 0 Å². The topological polar surface area (TPSA) is 15.3 Å². The van der Waals surface area contributed by atoms with Gasteiger partial charge in [0.15, 0.2) is 0 Å². The summed E-state index contributed by atoms with van der Waals surface area (Å²) in [6, 6.07) is 0.522. The zero-order valence-electron chi connectivity index (χ0n) is 10.6. The standard InChI is InChI=1S/C11H17FN2.C2H6/c1-9(12)4-5-10(2)14-7-6-11(8-14)13-3;1-2/h4-5,11,13H,1-2,6-8H2,3H3;1-2H3/b5-4-;. The molecule has 1 heterocycles. The zero-order chi connectivity index (χ0) is 12.6. The summed E-state index contributed by atoms with van der Waals surface area (Å²) in [7, 11) is 1.95. The molecule has 0 aromatic rings. The van der Waals surface area contributed by atoms with Gasteiger partial charge < -0.3 is 10.2 Å². The predicted octanol–water partition coefficient (Wildman–Crippen LogP) is 2.86. The van der Waals surface area contributed by atoms with Crippen LogP contribution in [0.3, 0.4) is 0 Å². The molecule has 1 saturated heterocycles. The number of nitrogens with zero attached hydrogens (tertiary/aromatic N) is 1. The van der Waals surface area contributed by atoms with E-state index in [1.54, 1.807) is 6.08 Å². The minimum Gasteiger partial charge on any atom is -0.370 e. The minimum absolute atomic E-state index is 0.435. The lowest BCUT2D eigenvalue weighted by Crippen LogP contribution is -2.28. The Hall–Kier alpha value is -1.09. The van der Waals surface area contributed by atoms with Gasteiger partial charge >= 0.3 is 0 Å². The lowest BCUT2D eigenvalue weighted by atomic mass is 10.3. The second-order valence-electron chi connectivity index (χ2n) is 3.49. The van der Waals surface area contributed by atoms with E-state index in [2.05, 4.69) is 23.4 Å². The van der Waals surface area contributed by atoms with Crippen LogP contribution in [0.25, 0.3) is 0 Å². The number of rotatable bonds is 4. The third-order valence-electron chi connectivity index (χ3n) is 2.46. The van der Waals surface area contributed by atoms with E-state index in [0.29, 0.717) is 6.04 Å². The highest BCUT2D eigenvalue weighted by molar-refractivity contribution is 5.21. The largest absolute Gasteiger partial charge is 0.370 e. The van der Waals surface area contributed by atoms with Crippen LogP contribution in [0.5, 0.6) is 0 Å². The molecule has 0 bridgehead atoms. The van der Waals surface area contributed by atoms with Crippen molar-refractivity contribution in [1.29, 1.82) is 0 Å². The van der Waals surface area contributed by atoms with Crippen molar-refractivity contribution in [2.45, 2.75) is 26.3 Å². The van der Waals surface area contributed by atoms with Gasteiger partial charge in [0.25, 0.3) is 0 Å². The van der Waals surface area contributed by atoms with Crippen molar-refractivity contribution in [3.05, 3.63) is 36.8 Å². The number of nitrogens with one attached hydrogen (secondary N) is 1. The SMILES string of the molecule is C=C(F)/C=C\C(=C)N1CCC(NC)C1.CC. The van der Waals surface area contributed by atoms with Gasteiger partial charge in [0, 0.05) is 24.8 Å². The van der Waals surface area contributed by atoms with E-state index < -0.39 is 5.83 Å². The summed E-state index contributed by atoms with van der Waals surface area (Å²) in [5, 5.41) is 3.22. The maximum absolute atomic E-state index is 12.3. The summed E-state index contributed by atoms with van der Waals surface area (Å²) in [6.07, 6.45) is 4.12. The van der Waals surface area contributed by atoms with E-state index in [1.165, 1.54) is 6.08 Å². The highest BCUT2D eigenvalue weighted by Crippen LogP contribution is 2.15. The van der Waals surface area contributed by atoms with E-state index in [-0.39, 0.29) is 0 Å². The first kappa shape index (κ1) is 14.9. The maximum Gasteiger partial charge on any atom is 0.116 e. The van der Waals surface area contributed by atoms with Crippen molar-refractivity contribution in [2.75, 3.05) is 20.1 Å². The van der Waals surface area contributed by atoms with Crippen LogP contribution in [0.15, 0.2) is 36.8 Å². The molecule has 0 radical (unpaired) electrons. The van der Waals surface area contributed by atoms with Gasteiger partial charge in [-0.15, -0.1) is 0 Å². The van der Waals surface area contributed by atoms with Crippen molar-refractivity contribution in [3.8, 4) is 0 Å². The molecule has 0 aliphatic carbocycles. The molecule has 0 saturated carbocycles. The first-order chi connectivity index (χ1) is 7.63. The molecule has 1 aliphatic heterocycles. The Morgan fingerprint density at radius 3 is 2.44 bits per heavy atom. The highest BCUT2D eigenvalue weighted by atomic mass is 19.1. The molecule has 1 unspecified atom stereocenters. The summed E-state index contributed by atoms with van der Waals surface area (Å²) < 4.78 is 12.3. The molecule has 2 nitrogen and oxygen atoms in total. The van der Waals surface area contributed by atoms with Crippen molar-refractivity contribution < 1.29 is 4.39 Å². The van der Waals surface area contributed by atoms with Crippen LogP contribution in [0.4, 0.5) is 4.39 Å². The van der Waals surface area contributed by atoms with Crippen LogP contribution in [-0.4, -0.2) is 31.1 Å². The van der Waals surface area contributed by atoms with Crippen LogP contribution in [-0.2, 0) is 0 Å². The lowest BCUT2D eigenvalue weighted by molar-refractivity contribution is 0.426. The second kappa shape index (κ2) is 8.11. The summed E-state index contributed by atoms with van der Waals surface area (Å²) in [6.45, 7) is 13.0. The Balaban J connectivity index is 0.00000106. The molecule has 16 heavy (non-hydrogen) atoms. The zero-order valence-corrected chi connectivity index (χ0v) is 10.6. The van der Waals surface area contributed by atoms with Crippen molar-refractivity contribution in [3.63, 3.8) is 0 Å². The Bertz CT molecular complexity index is 259. The Morgan fingerprint density at radius 1 is 1.38 bits per heavy atom. The molecule has 0 amide bonds. The van der Waals surface area contributed by atoms with Crippen molar-refractivity contribution in [1.82, 2.24) is 10.2 Å². The smallest absolute Gasteiger partial charge is 0.116 e. The summed E-state index contributed by atoms with van der Waals surface area (Å²) in [5.74, 6) is -0.435. The predicted molar refractivity (Wildman–Crippen MR) is 68.9 cm³/mol. The van der Waals surface area contributed by atoms with Crippen LogP contribution < -0.4 is 5.32 Å². The van der Waals surface area contributed by atoms with E-state index >= 15 is 0 Å². The molecule has 1 rings (SSSR count). The summed E-state index contributed by atoms with van der Waals surface area (Å²) in [4.78, 5) is 2.14. The Morgan fingerprint density at radius 2 is 2.00 bits per heavy atom. The number of allylic oxidation sites excluding steroid dienone is 3. The average Bonchev–Trinajstić information content (AvgIpc) is 2.77. The molecule has 1 aliphatic rings. The molecule has 1 N–H and O–H groups in total. The van der Waals surface area contributed by atoms with Crippen LogP contribution >= 0.6 is 0 Å². The van der Waals surface area contributed by atoms with Gasteiger partial charge in [-0.2, -0.15) is 0 Å². The van der Waals surface area contributed by atoms with E-state index in [0.717, 1.165) is 25.2 Å². The maximum atomic E-state index is 12.3. The molecule has 0 aromatic carbocycles. The monoisotopic (exact) mass is 226 g/mol. The van der Waals surface area contributed by atoms with Crippen LogP contribution in [0.1, 0.15) is 20.3 Å². The fourth-order valence-corrected chi connectivity index (χ4v) is 1.55. The molecular weight excluding hydrogens is 203 g/mol. The normalized spacial score (nSPS) is 19.5. The molecule has 92 valence electrons. The number of likely N-dealkylation sites (tertiary alicyclic amines) is 1. The van der Waals surface area contributed by atoms with Gasteiger partial charge in [-0.1, -0.05) is 27.0 Å². The van der Waals surface area contributed by atoms with Gasteiger partial charge in [-0.05, 0) is 25.6 Å². The Kier molecular flexibility index (Phi) is 7.56. The number of likely N-dealkylation sites (N-methyl/N-ethyl adjacent to an activating group) is 1. The summed E-state index contributed by atoms with van der Waals surface area (Å²) >= 11 is 0. The lowest BCUT2D eigenvalue weighted by Gasteiger charge is -2.18. The quantitative estimate of drug-likeness (QED) is 0.742. The molecule has 0 aromatic heterocycles. The molecule has 0 spiro atoms. The number of hydrogen-bond acceptors (Lipinski definition) is 2.